The lowest BCUT2D eigenvalue weighted by molar-refractivity contribution is -0.162. The Morgan fingerprint density at radius 2 is 1.86 bits per heavy atom. The van der Waals surface area contributed by atoms with Crippen molar-refractivity contribution in [2.24, 2.45) is 29.1 Å². The molecule has 0 aromatic carbocycles. The largest absolute Gasteiger partial charge is 0.481 e. The zero-order valence-electron chi connectivity index (χ0n) is 24.2. The van der Waals surface area contributed by atoms with Crippen LogP contribution >= 0.6 is 0 Å². The zero-order valence-corrected chi connectivity index (χ0v) is 24.2. The molecule has 2 amide bonds. The van der Waals surface area contributed by atoms with Crippen molar-refractivity contribution in [1.82, 2.24) is 9.80 Å². The lowest BCUT2D eigenvalue weighted by Gasteiger charge is -2.46. The van der Waals surface area contributed by atoms with Crippen LogP contribution in [0.5, 0.6) is 0 Å². The predicted molar refractivity (Wildman–Crippen MR) is 142 cm³/mol. The Hall–Kier alpha value is -1.93. The molecule has 0 aromatic rings. The summed E-state index contributed by atoms with van der Waals surface area (Å²) >= 11 is 0. The number of ether oxygens (including phenoxy) is 1. The van der Waals surface area contributed by atoms with Crippen molar-refractivity contribution in [3.63, 3.8) is 0 Å². The molecule has 2 bridgehead atoms. The SMILES string of the molecule is C=CCN(C(=O)C1N([C@@H](CO)CC(C)C)C(=O)[C@@H]2[C@H](C(=O)O)[C@@]3(C)OC12CC3C)C(C)(C)CC(C)(C)C. The molecule has 0 aromatic heterocycles. The maximum Gasteiger partial charge on any atom is 0.310 e. The molecule has 0 saturated carbocycles. The van der Waals surface area contributed by atoms with E-state index in [4.69, 9.17) is 4.74 Å². The number of amides is 2. The maximum atomic E-state index is 14.7. The van der Waals surface area contributed by atoms with E-state index in [0.717, 1.165) is 0 Å². The third kappa shape index (κ3) is 4.73. The molecule has 0 radical (unpaired) electrons. The van der Waals surface area contributed by atoms with Gasteiger partial charge >= 0.3 is 5.97 Å². The summed E-state index contributed by atoms with van der Waals surface area (Å²) in [5, 5.41) is 20.7. The molecule has 3 aliphatic rings. The summed E-state index contributed by atoms with van der Waals surface area (Å²) in [4.78, 5) is 44.7. The Bertz CT molecular complexity index is 939. The Morgan fingerprint density at radius 3 is 2.32 bits per heavy atom. The van der Waals surface area contributed by atoms with Gasteiger partial charge in [0, 0.05) is 12.1 Å². The van der Waals surface area contributed by atoms with E-state index >= 15 is 0 Å². The minimum absolute atomic E-state index is 0.0703. The van der Waals surface area contributed by atoms with E-state index in [-0.39, 0.29) is 36.3 Å². The van der Waals surface area contributed by atoms with E-state index in [0.29, 0.717) is 19.3 Å². The Morgan fingerprint density at radius 1 is 1.27 bits per heavy atom. The first-order valence-electron chi connectivity index (χ1n) is 13.7. The zero-order chi connectivity index (χ0) is 28.3. The molecule has 3 fully saturated rings. The molecule has 3 rings (SSSR count). The van der Waals surface area contributed by atoms with Gasteiger partial charge in [-0.3, -0.25) is 14.4 Å². The molecule has 3 heterocycles. The Balaban J connectivity index is 2.21. The van der Waals surface area contributed by atoms with Crippen molar-refractivity contribution < 1.29 is 29.3 Å². The van der Waals surface area contributed by atoms with Crippen LogP contribution in [0.1, 0.15) is 81.6 Å². The van der Waals surface area contributed by atoms with Crippen molar-refractivity contribution in [3.8, 4) is 0 Å². The second-order valence-electron chi connectivity index (χ2n) is 14.0. The Labute approximate surface area is 222 Å². The number of aliphatic hydroxyl groups is 1. The smallest absolute Gasteiger partial charge is 0.310 e. The van der Waals surface area contributed by atoms with Gasteiger partial charge in [0.2, 0.25) is 11.8 Å². The molecule has 210 valence electrons. The van der Waals surface area contributed by atoms with Crippen molar-refractivity contribution >= 4 is 17.8 Å². The van der Waals surface area contributed by atoms with E-state index in [1.54, 1.807) is 17.9 Å². The normalized spacial score (nSPS) is 34.1. The number of hydrogen-bond donors (Lipinski definition) is 2. The standard InChI is InChI=1S/C29H48N2O6/c1-11-12-30(27(8,9)16-26(5,6)7)24(34)22-29-14-18(4)28(10,37-29)21(25(35)36)20(29)23(33)31(22)19(15-32)13-17(2)3/h11,17-22,32H,1,12-16H2,2-10H3,(H,35,36)/t18?,19-,20+,21-,22?,28+,29?/m1/s1. The third-order valence-electron chi connectivity index (χ3n) is 8.87. The average Bonchev–Trinajstić information content (AvgIpc) is 3.24. The molecular weight excluding hydrogens is 472 g/mol. The van der Waals surface area contributed by atoms with E-state index in [1.165, 1.54) is 4.90 Å². The Kier molecular flexibility index (Phi) is 7.74. The highest BCUT2D eigenvalue weighted by Crippen LogP contribution is 2.65. The van der Waals surface area contributed by atoms with Crippen molar-refractivity contribution in [2.75, 3.05) is 13.2 Å². The number of aliphatic hydroxyl groups excluding tert-OH is 1. The van der Waals surface area contributed by atoms with Gasteiger partial charge in [-0.15, -0.1) is 6.58 Å². The number of likely N-dealkylation sites (tertiary alicyclic amines) is 1. The summed E-state index contributed by atoms with van der Waals surface area (Å²) in [5.41, 5.74) is -2.95. The van der Waals surface area contributed by atoms with Crippen molar-refractivity contribution in [3.05, 3.63) is 12.7 Å². The van der Waals surface area contributed by atoms with Crippen LogP contribution in [0.15, 0.2) is 12.7 Å². The van der Waals surface area contributed by atoms with Gasteiger partial charge in [-0.1, -0.05) is 47.6 Å². The van der Waals surface area contributed by atoms with Crippen LogP contribution in [0.3, 0.4) is 0 Å². The monoisotopic (exact) mass is 520 g/mol. The van der Waals surface area contributed by atoms with Gasteiger partial charge in [0.1, 0.15) is 17.6 Å². The summed E-state index contributed by atoms with van der Waals surface area (Å²) in [6.07, 6.45) is 3.30. The molecule has 37 heavy (non-hydrogen) atoms. The number of carboxylic acid groups (broad SMARTS) is 1. The first kappa shape index (κ1) is 29.6. The molecule has 8 nitrogen and oxygen atoms in total. The first-order chi connectivity index (χ1) is 16.9. The third-order valence-corrected chi connectivity index (χ3v) is 8.87. The average molecular weight is 521 g/mol. The highest BCUT2D eigenvalue weighted by molar-refractivity contribution is 5.98. The number of nitrogens with zero attached hydrogens (tertiary/aromatic N) is 2. The van der Waals surface area contributed by atoms with Gasteiger partial charge in [0.25, 0.3) is 0 Å². The summed E-state index contributed by atoms with van der Waals surface area (Å²) in [6, 6.07) is -1.63. The quantitative estimate of drug-likeness (QED) is 0.425. The highest BCUT2D eigenvalue weighted by Gasteiger charge is 2.80. The molecule has 3 saturated heterocycles. The van der Waals surface area contributed by atoms with Crippen LogP contribution in [0.4, 0.5) is 0 Å². The van der Waals surface area contributed by atoms with E-state index in [9.17, 15) is 24.6 Å². The first-order valence-corrected chi connectivity index (χ1v) is 13.7. The minimum atomic E-state index is -1.26. The molecule has 0 aliphatic carbocycles. The number of fused-ring (bicyclic) bond motifs is 1. The van der Waals surface area contributed by atoms with Crippen LogP contribution in [0.2, 0.25) is 0 Å². The molecule has 3 unspecified atom stereocenters. The summed E-state index contributed by atoms with van der Waals surface area (Å²) in [5.74, 6) is -3.77. The molecule has 7 atom stereocenters. The number of carbonyl (C=O) groups excluding carboxylic acids is 2. The number of carbonyl (C=O) groups is 3. The van der Waals surface area contributed by atoms with E-state index in [1.807, 2.05) is 34.6 Å². The van der Waals surface area contributed by atoms with Gasteiger partial charge in [0.15, 0.2) is 0 Å². The summed E-state index contributed by atoms with van der Waals surface area (Å²) < 4.78 is 6.64. The van der Waals surface area contributed by atoms with Crippen molar-refractivity contribution in [1.29, 1.82) is 0 Å². The van der Waals surface area contributed by atoms with Gasteiger partial charge < -0.3 is 24.7 Å². The van der Waals surface area contributed by atoms with Crippen LogP contribution in [0.25, 0.3) is 0 Å². The van der Waals surface area contributed by atoms with Gasteiger partial charge in [-0.25, -0.2) is 0 Å². The number of rotatable bonds is 10. The number of hydrogen-bond acceptors (Lipinski definition) is 5. The molecule has 2 N–H and O–H groups in total. The fraction of sp³-hybridized carbons (Fsp3) is 0.828. The van der Waals surface area contributed by atoms with Gasteiger partial charge in [-0.05, 0) is 57.3 Å². The maximum absolute atomic E-state index is 14.7. The predicted octanol–water partition coefficient (Wildman–Crippen LogP) is 3.72. The lowest BCUT2D eigenvalue weighted by Crippen LogP contribution is -2.62. The summed E-state index contributed by atoms with van der Waals surface area (Å²) in [6.45, 7) is 22.0. The van der Waals surface area contributed by atoms with Crippen LogP contribution in [-0.2, 0) is 19.1 Å². The van der Waals surface area contributed by atoms with Crippen LogP contribution < -0.4 is 0 Å². The number of aliphatic carboxylic acids is 1. The highest BCUT2D eigenvalue weighted by atomic mass is 16.5. The lowest BCUT2D eigenvalue weighted by atomic mass is 9.62. The molecule has 3 aliphatic heterocycles. The molecule has 8 heteroatoms. The van der Waals surface area contributed by atoms with Crippen LogP contribution in [-0.4, -0.2) is 79.8 Å². The fourth-order valence-corrected chi connectivity index (χ4v) is 7.85. The second kappa shape index (κ2) is 9.67. The topological polar surface area (TPSA) is 107 Å². The van der Waals surface area contributed by atoms with E-state index < -0.39 is 52.5 Å². The van der Waals surface area contributed by atoms with E-state index in [2.05, 4.69) is 27.4 Å². The second-order valence-corrected chi connectivity index (χ2v) is 14.0. The van der Waals surface area contributed by atoms with Gasteiger partial charge in [0.05, 0.1) is 24.2 Å². The molecular formula is C29H48N2O6. The fourth-order valence-electron chi connectivity index (χ4n) is 7.85. The van der Waals surface area contributed by atoms with Crippen LogP contribution in [0, 0.1) is 29.1 Å². The minimum Gasteiger partial charge on any atom is -0.481 e. The molecule has 1 spiro atoms. The summed E-state index contributed by atoms with van der Waals surface area (Å²) in [7, 11) is 0. The van der Waals surface area contributed by atoms with Crippen molar-refractivity contribution in [2.45, 2.75) is 110 Å². The van der Waals surface area contributed by atoms with Gasteiger partial charge in [-0.2, -0.15) is 0 Å². The number of carboxylic acids is 1.